The lowest BCUT2D eigenvalue weighted by atomic mass is 9.70. The summed E-state index contributed by atoms with van der Waals surface area (Å²) in [5.41, 5.74) is 0.121. The van der Waals surface area contributed by atoms with E-state index in [4.69, 9.17) is 9.47 Å². The number of quaternary nitrogens is 1. The number of rotatable bonds is 10. The first-order chi connectivity index (χ1) is 16.1. The Morgan fingerprint density at radius 2 is 1.61 bits per heavy atom. The third-order valence-electron chi connectivity index (χ3n) is 8.46. The van der Waals surface area contributed by atoms with Gasteiger partial charge in [0.1, 0.15) is 17.5 Å². The second kappa shape index (κ2) is 10.1. The van der Waals surface area contributed by atoms with Gasteiger partial charge in [-0.1, -0.05) is 55.0 Å². The summed E-state index contributed by atoms with van der Waals surface area (Å²) in [5, 5.41) is 11.8. The van der Waals surface area contributed by atoms with Crippen molar-refractivity contribution in [3.05, 3.63) is 66.2 Å². The van der Waals surface area contributed by atoms with E-state index < -0.39 is 5.60 Å². The van der Waals surface area contributed by atoms with Crippen molar-refractivity contribution < 1.29 is 19.1 Å². The van der Waals surface area contributed by atoms with Crippen LogP contribution in [0.2, 0.25) is 0 Å². The van der Waals surface area contributed by atoms with Crippen molar-refractivity contribution in [3.63, 3.8) is 0 Å². The number of piperidine rings is 3. The second-order valence-corrected chi connectivity index (χ2v) is 11.2. The minimum atomic E-state index is -0.882. The Labute approximate surface area is 206 Å². The molecule has 3 saturated heterocycles. The maximum Gasteiger partial charge on any atom is 0.171 e. The smallest absolute Gasteiger partial charge is 0.171 e. The van der Waals surface area contributed by atoms with Gasteiger partial charge in [0.2, 0.25) is 0 Å². The van der Waals surface area contributed by atoms with Gasteiger partial charge in [-0.25, -0.2) is 0 Å². The molecule has 1 N–H and O–H groups in total. The predicted octanol–water partition coefficient (Wildman–Crippen LogP) is 5.49. The molecule has 2 aromatic carbocycles. The molecule has 3 aliphatic heterocycles. The van der Waals surface area contributed by atoms with E-state index >= 15 is 0 Å². The van der Waals surface area contributed by atoms with Crippen LogP contribution in [-0.4, -0.2) is 53.5 Å². The number of alkyl halides is 1. The molecule has 4 fully saturated rings. The molecule has 1 aliphatic carbocycles. The van der Waals surface area contributed by atoms with Crippen LogP contribution in [0.1, 0.15) is 44.1 Å². The number of benzene rings is 2. The van der Waals surface area contributed by atoms with Crippen LogP contribution in [0, 0.1) is 11.8 Å². The van der Waals surface area contributed by atoms with Crippen LogP contribution in [0.25, 0.3) is 0 Å². The van der Waals surface area contributed by atoms with E-state index in [0.29, 0.717) is 18.4 Å². The van der Waals surface area contributed by atoms with Crippen molar-refractivity contribution in [1.29, 1.82) is 0 Å². The van der Waals surface area contributed by atoms with Crippen LogP contribution in [0.4, 0.5) is 0 Å². The number of halogens is 1. The van der Waals surface area contributed by atoms with Gasteiger partial charge in [-0.15, -0.1) is 0 Å². The number of hydrogen-bond donors (Lipinski definition) is 1. The molecular weight excluding hydrogens is 478 g/mol. The van der Waals surface area contributed by atoms with Crippen molar-refractivity contribution in [2.75, 3.05) is 32.8 Å². The molecule has 5 heteroatoms. The zero-order valence-corrected chi connectivity index (χ0v) is 21.0. The Morgan fingerprint density at radius 1 is 0.939 bits per heavy atom. The average Bonchev–Trinajstić information content (AvgIpc) is 2.82. The first-order valence-corrected chi connectivity index (χ1v) is 13.6. The molecule has 0 amide bonds. The Balaban J connectivity index is 1.21. The van der Waals surface area contributed by atoms with Crippen LogP contribution >= 0.6 is 15.9 Å². The number of ether oxygens (including phenoxy) is 2. The van der Waals surface area contributed by atoms with Gasteiger partial charge in [0.05, 0.1) is 32.8 Å². The maximum atomic E-state index is 11.8. The summed E-state index contributed by atoms with van der Waals surface area (Å²) < 4.78 is 13.7. The van der Waals surface area contributed by atoms with Gasteiger partial charge in [-0.2, -0.15) is 0 Å². The highest BCUT2D eigenvalue weighted by Crippen LogP contribution is 2.46. The van der Waals surface area contributed by atoms with E-state index in [-0.39, 0.29) is 11.1 Å². The highest BCUT2D eigenvalue weighted by atomic mass is 79.9. The fourth-order valence-electron chi connectivity index (χ4n) is 6.13. The van der Waals surface area contributed by atoms with Crippen molar-refractivity contribution in [2.45, 2.75) is 55.2 Å². The molecule has 1 saturated carbocycles. The van der Waals surface area contributed by atoms with Crippen LogP contribution in [0.15, 0.2) is 60.7 Å². The highest BCUT2D eigenvalue weighted by molar-refractivity contribution is 9.09. The zero-order chi connectivity index (χ0) is 22.7. The Bertz CT molecular complexity index is 883. The van der Waals surface area contributed by atoms with Crippen LogP contribution in [-0.2, 0) is 10.3 Å². The summed E-state index contributed by atoms with van der Waals surface area (Å²) in [6, 6.07) is 20.3. The van der Waals surface area contributed by atoms with Gasteiger partial charge in [0, 0.05) is 25.2 Å². The molecule has 6 rings (SSSR count). The summed E-state index contributed by atoms with van der Waals surface area (Å²) in [4.78, 5) is 0.281. The summed E-state index contributed by atoms with van der Waals surface area (Å²) in [7, 11) is 0. The van der Waals surface area contributed by atoms with Gasteiger partial charge in [0.15, 0.2) is 4.95 Å². The number of aliphatic hydroxyl groups is 1. The molecule has 4 aliphatic rings. The van der Waals surface area contributed by atoms with Crippen LogP contribution in [0.3, 0.4) is 0 Å². The molecule has 0 spiro atoms. The molecular formula is C28H37BrNO3+. The Kier molecular flexibility index (Phi) is 7.12. The number of nitrogens with zero attached hydrogens (tertiary/aromatic N) is 1. The van der Waals surface area contributed by atoms with E-state index in [1.54, 1.807) is 0 Å². The molecule has 3 heterocycles. The van der Waals surface area contributed by atoms with Crippen molar-refractivity contribution in [3.8, 4) is 5.75 Å². The molecule has 1 unspecified atom stereocenters. The van der Waals surface area contributed by atoms with Crippen LogP contribution in [0.5, 0.6) is 5.75 Å². The van der Waals surface area contributed by atoms with E-state index in [9.17, 15) is 5.11 Å². The second-order valence-electron chi connectivity index (χ2n) is 10.3. The van der Waals surface area contributed by atoms with Crippen molar-refractivity contribution in [1.82, 2.24) is 0 Å². The third-order valence-corrected chi connectivity index (χ3v) is 9.85. The average molecular weight is 516 g/mol. The van der Waals surface area contributed by atoms with E-state index in [1.807, 2.05) is 48.5 Å². The standard InChI is InChI=1S/C28H37BrNO3/c29-27-26(33-21-28(31,24-11-7-12-24)23-9-3-1-4-10-23)22-15-18-30(27,19-16-22)17-8-20-32-25-13-5-2-6-14-25/h1-6,9-10,13-14,22,24,26-27,31H,7-8,11-12,15-21H2/q+1/t22?,26-,27+,28?,30?/m0/s1. The molecule has 178 valence electrons. The molecule has 4 nitrogen and oxygen atoms in total. The molecule has 0 aromatic heterocycles. The van der Waals surface area contributed by atoms with E-state index in [2.05, 4.69) is 28.1 Å². The molecule has 33 heavy (non-hydrogen) atoms. The number of fused-ring (bicyclic) bond motifs is 3. The van der Waals surface area contributed by atoms with E-state index in [1.165, 1.54) is 32.4 Å². The van der Waals surface area contributed by atoms with Gasteiger partial charge >= 0.3 is 0 Å². The van der Waals surface area contributed by atoms with E-state index in [0.717, 1.165) is 48.2 Å². The quantitative estimate of drug-likeness (QED) is 0.197. The number of para-hydroxylation sites is 1. The van der Waals surface area contributed by atoms with Crippen molar-refractivity contribution in [2.24, 2.45) is 11.8 Å². The molecule has 2 bridgehead atoms. The minimum absolute atomic E-state index is 0.151. The Hall–Kier alpha value is -1.40. The molecule has 2 aromatic rings. The molecule has 0 radical (unpaired) electrons. The lowest BCUT2D eigenvalue weighted by Gasteiger charge is -2.56. The maximum absolute atomic E-state index is 11.8. The monoisotopic (exact) mass is 514 g/mol. The van der Waals surface area contributed by atoms with Gasteiger partial charge in [0.25, 0.3) is 0 Å². The SMILES string of the molecule is OC(CO[C@H]1C2CC[N+](CCCOc3ccccc3)(CC2)[C@H]1Br)(c1ccccc1)C1CCC1. The zero-order valence-electron chi connectivity index (χ0n) is 19.4. The largest absolute Gasteiger partial charge is 0.493 e. The topological polar surface area (TPSA) is 38.7 Å². The summed E-state index contributed by atoms with van der Waals surface area (Å²) in [6.07, 6.45) is 6.98. The number of hydrogen-bond acceptors (Lipinski definition) is 3. The highest BCUT2D eigenvalue weighted by Gasteiger charge is 2.54. The third kappa shape index (κ3) is 4.75. The lowest BCUT2D eigenvalue weighted by molar-refractivity contribution is -0.955. The predicted molar refractivity (Wildman–Crippen MR) is 134 cm³/mol. The Morgan fingerprint density at radius 3 is 2.24 bits per heavy atom. The fraction of sp³-hybridized carbons (Fsp3) is 0.571. The lowest BCUT2D eigenvalue weighted by Crippen LogP contribution is -2.68. The summed E-state index contributed by atoms with van der Waals surface area (Å²) in [5.74, 6) is 1.83. The first-order valence-electron chi connectivity index (χ1n) is 12.7. The molecule has 3 atom stereocenters. The summed E-state index contributed by atoms with van der Waals surface area (Å²) >= 11 is 4.08. The first kappa shape index (κ1) is 23.3. The fourth-order valence-corrected chi connectivity index (χ4v) is 7.33. The van der Waals surface area contributed by atoms with Crippen molar-refractivity contribution >= 4 is 15.9 Å². The van der Waals surface area contributed by atoms with Gasteiger partial charge < -0.3 is 19.1 Å². The minimum Gasteiger partial charge on any atom is -0.493 e. The van der Waals surface area contributed by atoms with Gasteiger partial charge in [-0.3, -0.25) is 0 Å². The van der Waals surface area contributed by atoms with Gasteiger partial charge in [-0.05, 0) is 52.4 Å². The normalized spacial score (nSPS) is 31.0. The van der Waals surface area contributed by atoms with Crippen LogP contribution < -0.4 is 4.74 Å². The summed E-state index contributed by atoms with van der Waals surface area (Å²) in [6.45, 7) is 4.64.